The van der Waals surface area contributed by atoms with Crippen molar-refractivity contribution in [3.8, 4) is 33.6 Å². The fraction of sp³-hybridized carbons (Fsp3) is 0. The molecule has 0 aliphatic carbocycles. The van der Waals surface area contributed by atoms with Crippen LogP contribution in [0.2, 0.25) is 5.28 Å². The lowest BCUT2D eigenvalue weighted by atomic mass is 9.97. The Labute approximate surface area is 219 Å². The number of hydrogen-bond donors (Lipinski definition) is 0. The number of pyridine rings is 1. The van der Waals surface area contributed by atoms with Gasteiger partial charge in [-0.2, -0.15) is 0 Å². The van der Waals surface area contributed by atoms with Crippen LogP contribution in [0.3, 0.4) is 0 Å². The summed E-state index contributed by atoms with van der Waals surface area (Å²) in [6.07, 6.45) is 0. The van der Waals surface area contributed by atoms with Crippen molar-refractivity contribution in [1.29, 1.82) is 0 Å². The zero-order chi connectivity index (χ0) is 24.8. The van der Waals surface area contributed by atoms with Crippen LogP contribution in [0.4, 0.5) is 0 Å². The molecule has 0 radical (unpaired) electrons. The van der Waals surface area contributed by atoms with E-state index in [1.807, 2.05) is 30.3 Å². The number of hydrogen-bond acceptors (Lipinski definition) is 3. The summed E-state index contributed by atoms with van der Waals surface area (Å²) in [5.74, 6) is 0. The van der Waals surface area contributed by atoms with Crippen LogP contribution >= 0.6 is 11.6 Å². The maximum Gasteiger partial charge on any atom is 0.223 e. The summed E-state index contributed by atoms with van der Waals surface area (Å²) in [5, 5.41) is 4.80. The van der Waals surface area contributed by atoms with Crippen molar-refractivity contribution in [1.82, 2.24) is 15.0 Å². The number of halogens is 1. The number of rotatable bonds is 3. The molecule has 4 heteroatoms. The zero-order valence-corrected chi connectivity index (χ0v) is 20.5. The molecule has 0 atom stereocenters. The Morgan fingerprint density at radius 1 is 0.351 bits per heavy atom. The first-order valence-electron chi connectivity index (χ1n) is 12.2. The van der Waals surface area contributed by atoms with Crippen molar-refractivity contribution >= 4 is 44.2 Å². The topological polar surface area (TPSA) is 38.7 Å². The van der Waals surface area contributed by atoms with Crippen molar-refractivity contribution in [3.05, 3.63) is 127 Å². The van der Waals surface area contributed by atoms with E-state index in [4.69, 9.17) is 16.6 Å². The number of fused-ring (bicyclic) bond motifs is 4. The maximum absolute atomic E-state index is 6.21. The molecule has 0 unspecified atom stereocenters. The van der Waals surface area contributed by atoms with Crippen LogP contribution in [0.15, 0.2) is 121 Å². The molecule has 2 heterocycles. The molecule has 2 aromatic heterocycles. The molecule has 3 nitrogen and oxygen atoms in total. The van der Waals surface area contributed by atoms with Crippen LogP contribution < -0.4 is 0 Å². The summed E-state index contributed by atoms with van der Waals surface area (Å²) >= 11 is 6.21. The quantitative estimate of drug-likeness (QED) is 0.182. The number of benzene rings is 5. The second-order valence-electron chi connectivity index (χ2n) is 9.04. The lowest BCUT2D eigenvalue weighted by Gasteiger charge is -2.11. The van der Waals surface area contributed by atoms with Gasteiger partial charge in [0.2, 0.25) is 5.28 Å². The predicted molar refractivity (Wildman–Crippen MR) is 154 cm³/mol. The highest BCUT2D eigenvalue weighted by Crippen LogP contribution is 2.34. The summed E-state index contributed by atoms with van der Waals surface area (Å²) in [7, 11) is 0. The normalized spacial score (nSPS) is 11.4. The molecule has 7 rings (SSSR count). The molecule has 0 saturated carbocycles. The van der Waals surface area contributed by atoms with Crippen molar-refractivity contribution in [2.75, 3.05) is 0 Å². The molecule has 0 saturated heterocycles. The van der Waals surface area contributed by atoms with E-state index in [1.165, 1.54) is 10.8 Å². The standard InChI is InChI=1S/C33H20ClN3/c34-33-36-30-12-6-4-10-28(30)32(37-33)24-19-15-22(16-20-24)21-13-17-23(18-14-21)31-27-9-2-1-7-25(27)26-8-3-5-11-29(26)35-31/h1-20H. The van der Waals surface area contributed by atoms with Crippen LogP contribution in [0.1, 0.15) is 0 Å². The van der Waals surface area contributed by atoms with Gasteiger partial charge in [-0.3, -0.25) is 0 Å². The van der Waals surface area contributed by atoms with Crippen molar-refractivity contribution in [2.45, 2.75) is 0 Å². The fourth-order valence-corrected chi connectivity index (χ4v) is 5.21. The SMILES string of the molecule is Clc1nc(-c2ccc(-c3ccc(-c4nc5ccccc5c5ccccc45)cc3)cc2)c2ccccc2n1. The fourth-order valence-electron chi connectivity index (χ4n) is 5.03. The van der Waals surface area contributed by atoms with Gasteiger partial charge < -0.3 is 0 Å². The lowest BCUT2D eigenvalue weighted by molar-refractivity contribution is 1.22. The molecule has 0 spiro atoms. The van der Waals surface area contributed by atoms with Crippen LogP contribution in [-0.2, 0) is 0 Å². The number of aromatic nitrogens is 3. The van der Waals surface area contributed by atoms with E-state index in [9.17, 15) is 0 Å². The van der Waals surface area contributed by atoms with Gasteiger partial charge in [-0.05, 0) is 40.2 Å². The molecular formula is C33H20ClN3. The molecular weight excluding hydrogens is 474 g/mol. The van der Waals surface area contributed by atoms with E-state index >= 15 is 0 Å². The van der Waals surface area contributed by atoms with E-state index in [-0.39, 0.29) is 5.28 Å². The number of para-hydroxylation sites is 2. The molecule has 0 aliphatic heterocycles. The van der Waals surface area contributed by atoms with Gasteiger partial charge >= 0.3 is 0 Å². The Balaban J connectivity index is 1.26. The Hall–Kier alpha value is -4.60. The molecule has 37 heavy (non-hydrogen) atoms. The van der Waals surface area contributed by atoms with Crippen LogP contribution in [-0.4, -0.2) is 15.0 Å². The van der Waals surface area contributed by atoms with Gasteiger partial charge in [-0.25, -0.2) is 15.0 Å². The highest BCUT2D eigenvalue weighted by atomic mass is 35.5. The van der Waals surface area contributed by atoms with Crippen molar-refractivity contribution in [3.63, 3.8) is 0 Å². The van der Waals surface area contributed by atoms with E-state index in [0.29, 0.717) is 0 Å². The third-order valence-corrected chi connectivity index (χ3v) is 7.00. The molecule has 7 aromatic rings. The Bertz CT molecular complexity index is 1930. The summed E-state index contributed by atoms with van der Waals surface area (Å²) < 4.78 is 0. The molecule has 0 fully saturated rings. The molecule has 0 aliphatic rings. The monoisotopic (exact) mass is 493 g/mol. The molecule has 5 aromatic carbocycles. The van der Waals surface area contributed by atoms with E-state index in [0.717, 1.165) is 55.4 Å². The first-order chi connectivity index (χ1) is 18.2. The minimum Gasteiger partial charge on any atom is -0.247 e. The predicted octanol–water partition coefficient (Wildman–Crippen LogP) is 8.99. The Kier molecular flexibility index (Phi) is 5.16. The summed E-state index contributed by atoms with van der Waals surface area (Å²) in [6, 6.07) is 41.8. The van der Waals surface area contributed by atoms with E-state index in [2.05, 4.69) is 101 Å². The van der Waals surface area contributed by atoms with Gasteiger partial charge in [-0.15, -0.1) is 0 Å². The molecule has 0 N–H and O–H groups in total. The Morgan fingerprint density at radius 3 is 1.41 bits per heavy atom. The van der Waals surface area contributed by atoms with Gasteiger partial charge in [0, 0.05) is 27.3 Å². The van der Waals surface area contributed by atoms with E-state index < -0.39 is 0 Å². The van der Waals surface area contributed by atoms with Crippen LogP contribution in [0.25, 0.3) is 66.2 Å². The maximum atomic E-state index is 6.21. The molecule has 0 bridgehead atoms. The van der Waals surface area contributed by atoms with Crippen molar-refractivity contribution < 1.29 is 0 Å². The average molecular weight is 494 g/mol. The summed E-state index contributed by atoms with van der Waals surface area (Å²) in [6.45, 7) is 0. The molecule has 174 valence electrons. The van der Waals surface area contributed by atoms with Crippen LogP contribution in [0, 0.1) is 0 Å². The smallest absolute Gasteiger partial charge is 0.223 e. The van der Waals surface area contributed by atoms with Crippen molar-refractivity contribution in [2.24, 2.45) is 0 Å². The highest BCUT2D eigenvalue weighted by Gasteiger charge is 2.11. The second-order valence-corrected chi connectivity index (χ2v) is 9.37. The summed E-state index contributed by atoms with van der Waals surface area (Å²) in [5.41, 5.74) is 8.08. The highest BCUT2D eigenvalue weighted by molar-refractivity contribution is 6.28. The van der Waals surface area contributed by atoms with Crippen LogP contribution in [0.5, 0.6) is 0 Å². The summed E-state index contributed by atoms with van der Waals surface area (Å²) in [4.78, 5) is 13.9. The third-order valence-electron chi connectivity index (χ3n) is 6.83. The average Bonchev–Trinajstić information content (AvgIpc) is 2.96. The third kappa shape index (κ3) is 3.81. The minimum absolute atomic E-state index is 0.253. The number of nitrogens with zero attached hydrogens (tertiary/aromatic N) is 3. The first-order valence-corrected chi connectivity index (χ1v) is 12.5. The lowest BCUT2D eigenvalue weighted by Crippen LogP contribution is -1.91. The van der Waals surface area contributed by atoms with Gasteiger partial charge in [0.05, 0.1) is 22.4 Å². The van der Waals surface area contributed by atoms with Gasteiger partial charge in [-0.1, -0.05) is 109 Å². The van der Waals surface area contributed by atoms with E-state index in [1.54, 1.807) is 0 Å². The second kappa shape index (κ2) is 8.81. The van der Waals surface area contributed by atoms with Gasteiger partial charge in [0.25, 0.3) is 0 Å². The largest absolute Gasteiger partial charge is 0.247 e. The zero-order valence-electron chi connectivity index (χ0n) is 19.8. The Morgan fingerprint density at radius 2 is 0.784 bits per heavy atom. The molecule has 0 amide bonds. The van der Waals surface area contributed by atoms with Gasteiger partial charge in [0.1, 0.15) is 0 Å². The minimum atomic E-state index is 0.253. The van der Waals surface area contributed by atoms with Gasteiger partial charge in [0.15, 0.2) is 0 Å². The first kappa shape index (κ1) is 21.7.